The zero-order valence-corrected chi connectivity index (χ0v) is 14.0. The molecule has 2 rings (SSSR count). The van der Waals surface area contributed by atoms with Gasteiger partial charge in [-0.25, -0.2) is 4.79 Å². The van der Waals surface area contributed by atoms with E-state index in [0.29, 0.717) is 23.8 Å². The van der Waals surface area contributed by atoms with E-state index in [1.54, 1.807) is 24.3 Å². The maximum absolute atomic E-state index is 11.7. The molecule has 0 aliphatic heterocycles. The molecular formula is C18H21N3O4. The fourth-order valence-electron chi connectivity index (χ4n) is 2.04. The average molecular weight is 343 g/mol. The first kappa shape index (κ1) is 18.1. The second kappa shape index (κ2) is 9.17. The number of hydrogen-bond acceptors (Lipinski definition) is 4. The SMILES string of the molecule is CCOc1ccc(Oc2ccc(NC(=O)CCNC(N)=O)cc2)cc1. The molecule has 3 amide bonds. The number of ether oxygens (including phenoxy) is 2. The summed E-state index contributed by atoms with van der Waals surface area (Å²) in [4.78, 5) is 22.2. The fraction of sp³-hybridized carbons (Fsp3) is 0.222. The molecule has 132 valence electrons. The fourth-order valence-corrected chi connectivity index (χ4v) is 2.04. The maximum Gasteiger partial charge on any atom is 0.312 e. The van der Waals surface area contributed by atoms with Crippen LogP contribution in [0.4, 0.5) is 10.5 Å². The van der Waals surface area contributed by atoms with Crippen LogP contribution in [0.15, 0.2) is 48.5 Å². The summed E-state index contributed by atoms with van der Waals surface area (Å²) in [5.41, 5.74) is 5.57. The number of carbonyl (C=O) groups excluding carboxylic acids is 2. The minimum absolute atomic E-state index is 0.146. The summed E-state index contributed by atoms with van der Waals surface area (Å²) < 4.78 is 11.1. The van der Waals surface area contributed by atoms with Crippen LogP contribution in [0.2, 0.25) is 0 Å². The molecule has 0 fully saturated rings. The summed E-state index contributed by atoms with van der Waals surface area (Å²) in [6.07, 6.45) is 0.146. The normalized spacial score (nSPS) is 9.96. The van der Waals surface area contributed by atoms with Gasteiger partial charge < -0.3 is 25.8 Å². The second-order valence-electron chi connectivity index (χ2n) is 5.12. The van der Waals surface area contributed by atoms with E-state index in [2.05, 4.69) is 10.6 Å². The molecule has 0 saturated carbocycles. The summed E-state index contributed by atoms with van der Waals surface area (Å²) in [6, 6.07) is 13.7. The summed E-state index contributed by atoms with van der Waals surface area (Å²) >= 11 is 0. The lowest BCUT2D eigenvalue weighted by atomic mass is 10.2. The number of rotatable bonds is 8. The zero-order valence-electron chi connectivity index (χ0n) is 14.0. The average Bonchev–Trinajstić information content (AvgIpc) is 2.58. The lowest BCUT2D eigenvalue weighted by Gasteiger charge is -2.09. The van der Waals surface area contributed by atoms with Gasteiger partial charge in [0.1, 0.15) is 17.2 Å². The van der Waals surface area contributed by atoms with E-state index in [1.807, 2.05) is 31.2 Å². The summed E-state index contributed by atoms with van der Waals surface area (Å²) in [5.74, 6) is 1.92. The Morgan fingerprint density at radius 1 is 0.960 bits per heavy atom. The molecule has 0 aromatic heterocycles. The molecule has 2 aromatic rings. The number of nitrogens with one attached hydrogen (secondary N) is 2. The molecule has 0 radical (unpaired) electrons. The largest absolute Gasteiger partial charge is 0.494 e. The van der Waals surface area contributed by atoms with E-state index in [4.69, 9.17) is 15.2 Å². The van der Waals surface area contributed by atoms with Crippen LogP contribution in [0, 0.1) is 0 Å². The Labute approximate surface area is 146 Å². The van der Waals surface area contributed by atoms with E-state index >= 15 is 0 Å². The zero-order chi connectivity index (χ0) is 18.1. The molecule has 25 heavy (non-hydrogen) atoms. The third-order valence-corrected chi connectivity index (χ3v) is 3.16. The summed E-state index contributed by atoms with van der Waals surface area (Å²) in [7, 11) is 0. The van der Waals surface area contributed by atoms with Crippen molar-refractivity contribution in [2.45, 2.75) is 13.3 Å². The molecule has 0 aliphatic rings. The molecule has 7 nitrogen and oxygen atoms in total. The van der Waals surface area contributed by atoms with Crippen molar-refractivity contribution in [1.82, 2.24) is 5.32 Å². The van der Waals surface area contributed by atoms with Crippen molar-refractivity contribution >= 4 is 17.6 Å². The number of carbonyl (C=O) groups is 2. The van der Waals surface area contributed by atoms with Crippen LogP contribution in [0.3, 0.4) is 0 Å². The summed E-state index contributed by atoms with van der Waals surface area (Å²) in [5, 5.41) is 5.08. The summed E-state index contributed by atoms with van der Waals surface area (Å²) in [6.45, 7) is 2.74. The molecule has 0 aliphatic carbocycles. The van der Waals surface area contributed by atoms with E-state index in [-0.39, 0.29) is 18.9 Å². The molecule has 7 heteroatoms. The molecule has 0 spiro atoms. The quantitative estimate of drug-likeness (QED) is 0.686. The number of nitrogens with two attached hydrogens (primary N) is 1. The second-order valence-corrected chi connectivity index (χ2v) is 5.12. The van der Waals surface area contributed by atoms with Crippen molar-refractivity contribution in [2.75, 3.05) is 18.5 Å². The van der Waals surface area contributed by atoms with Crippen LogP contribution in [0.25, 0.3) is 0 Å². The molecule has 2 aromatic carbocycles. The van der Waals surface area contributed by atoms with Crippen molar-refractivity contribution < 1.29 is 19.1 Å². The standard InChI is InChI=1S/C18H21N3O4/c1-2-24-14-7-9-16(10-8-14)25-15-5-3-13(4-6-15)21-17(22)11-12-20-18(19)23/h3-10H,2,11-12H2,1H3,(H,21,22)(H3,19,20,23). The van der Waals surface area contributed by atoms with Gasteiger partial charge in [0.15, 0.2) is 0 Å². The van der Waals surface area contributed by atoms with Crippen molar-refractivity contribution in [3.63, 3.8) is 0 Å². The van der Waals surface area contributed by atoms with Gasteiger partial charge in [-0.1, -0.05) is 0 Å². The maximum atomic E-state index is 11.7. The highest BCUT2D eigenvalue weighted by molar-refractivity contribution is 5.91. The van der Waals surface area contributed by atoms with Crippen LogP contribution >= 0.6 is 0 Å². The van der Waals surface area contributed by atoms with Gasteiger partial charge in [-0.15, -0.1) is 0 Å². The van der Waals surface area contributed by atoms with E-state index < -0.39 is 6.03 Å². The number of anilines is 1. The van der Waals surface area contributed by atoms with Gasteiger partial charge in [0, 0.05) is 18.7 Å². The van der Waals surface area contributed by atoms with Crippen LogP contribution in [0.1, 0.15) is 13.3 Å². The Morgan fingerprint density at radius 3 is 2.08 bits per heavy atom. The number of primary amides is 1. The monoisotopic (exact) mass is 343 g/mol. The van der Waals surface area contributed by atoms with Gasteiger partial charge in [0.25, 0.3) is 0 Å². The first-order valence-electron chi connectivity index (χ1n) is 7.90. The Bertz CT molecular complexity index is 699. The molecule has 4 N–H and O–H groups in total. The Morgan fingerprint density at radius 2 is 1.52 bits per heavy atom. The highest BCUT2D eigenvalue weighted by Gasteiger charge is 2.04. The van der Waals surface area contributed by atoms with Crippen molar-refractivity contribution in [2.24, 2.45) is 5.73 Å². The van der Waals surface area contributed by atoms with Gasteiger partial charge >= 0.3 is 6.03 Å². The lowest BCUT2D eigenvalue weighted by Crippen LogP contribution is -2.32. The van der Waals surface area contributed by atoms with E-state index in [1.165, 1.54) is 0 Å². The van der Waals surface area contributed by atoms with Crippen LogP contribution in [-0.2, 0) is 4.79 Å². The highest BCUT2D eigenvalue weighted by atomic mass is 16.5. The molecule has 0 heterocycles. The minimum Gasteiger partial charge on any atom is -0.494 e. The first-order chi connectivity index (χ1) is 12.1. The first-order valence-corrected chi connectivity index (χ1v) is 7.90. The highest BCUT2D eigenvalue weighted by Crippen LogP contribution is 2.25. The Balaban J connectivity index is 1.84. The third-order valence-electron chi connectivity index (χ3n) is 3.16. The molecular weight excluding hydrogens is 322 g/mol. The van der Waals surface area contributed by atoms with E-state index in [0.717, 1.165) is 5.75 Å². The third kappa shape index (κ3) is 6.42. The Kier molecular flexibility index (Phi) is 6.65. The number of benzene rings is 2. The smallest absolute Gasteiger partial charge is 0.312 e. The number of urea groups is 1. The van der Waals surface area contributed by atoms with Gasteiger partial charge in [-0.3, -0.25) is 4.79 Å². The van der Waals surface area contributed by atoms with Crippen molar-refractivity contribution in [3.8, 4) is 17.2 Å². The van der Waals surface area contributed by atoms with Crippen molar-refractivity contribution in [3.05, 3.63) is 48.5 Å². The van der Waals surface area contributed by atoms with Gasteiger partial charge in [0.05, 0.1) is 6.61 Å². The Hall–Kier alpha value is -3.22. The number of amides is 3. The van der Waals surface area contributed by atoms with Crippen LogP contribution < -0.4 is 25.8 Å². The molecule has 0 saturated heterocycles. The predicted molar refractivity (Wildman–Crippen MR) is 95.0 cm³/mol. The van der Waals surface area contributed by atoms with Gasteiger partial charge in [-0.05, 0) is 55.5 Å². The van der Waals surface area contributed by atoms with Gasteiger partial charge in [-0.2, -0.15) is 0 Å². The minimum atomic E-state index is -0.649. The predicted octanol–water partition coefficient (Wildman–Crippen LogP) is 2.87. The molecule has 0 bridgehead atoms. The topological polar surface area (TPSA) is 103 Å². The molecule has 0 unspecified atom stereocenters. The molecule has 0 atom stereocenters. The van der Waals surface area contributed by atoms with Gasteiger partial charge in [0.2, 0.25) is 5.91 Å². The van der Waals surface area contributed by atoms with Crippen molar-refractivity contribution in [1.29, 1.82) is 0 Å². The number of hydrogen-bond donors (Lipinski definition) is 3. The van der Waals surface area contributed by atoms with E-state index in [9.17, 15) is 9.59 Å². The lowest BCUT2D eigenvalue weighted by molar-refractivity contribution is -0.116. The van der Waals surface area contributed by atoms with Crippen LogP contribution in [0.5, 0.6) is 17.2 Å². The van der Waals surface area contributed by atoms with Crippen LogP contribution in [-0.4, -0.2) is 25.1 Å².